The zero-order valence-electron chi connectivity index (χ0n) is 10.0. The van der Waals surface area contributed by atoms with E-state index in [1.165, 1.54) is 18.6 Å². The molecule has 1 aromatic carbocycles. The normalized spacial score (nSPS) is 18.4. The van der Waals surface area contributed by atoms with E-state index in [1.54, 1.807) is 12.1 Å². The number of halogens is 1. The third kappa shape index (κ3) is 4.29. The van der Waals surface area contributed by atoms with Crippen molar-refractivity contribution in [2.75, 3.05) is 32.7 Å². The van der Waals surface area contributed by atoms with Gasteiger partial charge >= 0.3 is 0 Å². The summed E-state index contributed by atoms with van der Waals surface area (Å²) in [5.41, 5.74) is 1.05. The first-order valence-corrected chi connectivity index (χ1v) is 6.20. The molecule has 1 aliphatic rings. The van der Waals surface area contributed by atoms with E-state index < -0.39 is 0 Å². The molecule has 2 nitrogen and oxygen atoms in total. The molecule has 0 radical (unpaired) electrons. The van der Waals surface area contributed by atoms with Crippen molar-refractivity contribution in [3.63, 3.8) is 0 Å². The topological polar surface area (TPSA) is 15.3 Å². The third-order valence-corrected chi connectivity index (χ3v) is 2.98. The van der Waals surface area contributed by atoms with Crippen LogP contribution in [-0.4, -0.2) is 37.6 Å². The van der Waals surface area contributed by atoms with Gasteiger partial charge < -0.3 is 5.32 Å². The van der Waals surface area contributed by atoms with Crippen molar-refractivity contribution in [3.8, 4) is 0 Å². The van der Waals surface area contributed by atoms with Crippen LogP contribution in [0.25, 0.3) is 6.08 Å². The van der Waals surface area contributed by atoms with E-state index in [-0.39, 0.29) is 5.82 Å². The summed E-state index contributed by atoms with van der Waals surface area (Å²) in [6.07, 6.45) is 5.42. The predicted molar refractivity (Wildman–Crippen MR) is 69.4 cm³/mol. The summed E-state index contributed by atoms with van der Waals surface area (Å²) in [4.78, 5) is 2.43. The fourth-order valence-corrected chi connectivity index (χ4v) is 2.00. The van der Waals surface area contributed by atoms with Gasteiger partial charge in [-0.1, -0.05) is 24.3 Å². The van der Waals surface area contributed by atoms with Crippen LogP contribution < -0.4 is 5.32 Å². The van der Waals surface area contributed by atoms with E-state index in [9.17, 15) is 4.39 Å². The summed E-state index contributed by atoms with van der Waals surface area (Å²) in [5.74, 6) is -0.180. The van der Waals surface area contributed by atoms with Gasteiger partial charge in [0.25, 0.3) is 0 Å². The second-order valence-corrected chi connectivity index (χ2v) is 4.36. The number of hydrogen-bond acceptors (Lipinski definition) is 2. The highest BCUT2D eigenvalue weighted by Crippen LogP contribution is 2.05. The minimum Gasteiger partial charge on any atom is -0.315 e. The van der Waals surface area contributed by atoms with Crippen molar-refractivity contribution in [2.45, 2.75) is 6.42 Å². The smallest absolute Gasteiger partial charge is 0.123 e. The van der Waals surface area contributed by atoms with E-state index >= 15 is 0 Å². The first kappa shape index (κ1) is 12.3. The van der Waals surface area contributed by atoms with Gasteiger partial charge in [-0.3, -0.25) is 4.90 Å². The van der Waals surface area contributed by atoms with Crippen LogP contribution in [0.15, 0.2) is 30.3 Å². The predicted octanol–water partition coefficient (Wildman–Crippen LogP) is 2.13. The molecule has 3 heteroatoms. The van der Waals surface area contributed by atoms with Gasteiger partial charge in [0.2, 0.25) is 0 Å². The summed E-state index contributed by atoms with van der Waals surface area (Å²) in [6, 6.07) is 6.59. The number of benzene rings is 1. The van der Waals surface area contributed by atoms with E-state index in [4.69, 9.17) is 0 Å². The monoisotopic (exact) mass is 234 g/mol. The van der Waals surface area contributed by atoms with Crippen LogP contribution >= 0.6 is 0 Å². The maximum absolute atomic E-state index is 12.7. The third-order valence-electron chi connectivity index (χ3n) is 2.98. The van der Waals surface area contributed by atoms with Crippen molar-refractivity contribution < 1.29 is 4.39 Å². The molecule has 1 fully saturated rings. The highest BCUT2D eigenvalue weighted by molar-refractivity contribution is 5.48. The molecule has 0 amide bonds. The van der Waals surface area contributed by atoms with Crippen molar-refractivity contribution >= 4 is 6.08 Å². The molecular formula is C14H19FN2. The van der Waals surface area contributed by atoms with E-state index in [1.807, 2.05) is 0 Å². The average Bonchev–Trinajstić information content (AvgIpc) is 2.60. The second kappa shape index (κ2) is 6.52. The molecule has 0 aliphatic carbocycles. The first-order valence-electron chi connectivity index (χ1n) is 6.20. The van der Waals surface area contributed by atoms with E-state index in [0.29, 0.717) is 0 Å². The Morgan fingerprint density at radius 1 is 1.18 bits per heavy atom. The molecule has 0 bridgehead atoms. The van der Waals surface area contributed by atoms with E-state index in [2.05, 4.69) is 22.4 Å². The molecule has 0 saturated carbocycles. The Bertz CT molecular complexity index is 351. The molecule has 2 rings (SSSR count). The molecule has 1 aliphatic heterocycles. The van der Waals surface area contributed by atoms with Crippen LogP contribution in [0.3, 0.4) is 0 Å². The van der Waals surface area contributed by atoms with Gasteiger partial charge in [-0.25, -0.2) is 4.39 Å². The summed E-state index contributed by atoms with van der Waals surface area (Å²) in [6.45, 7) is 5.43. The van der Waals surface area contributed by atoms with Crippen LogP contribution in [0.2, 0.25) is 0 Å². The van der Waals surface area contributed by atoms with Crippen LogP contribution in [0.5, 0.6) is 0 Å². The number of nitrogens with one attached hydrogen (secondary N) is 1. The fraction of sp³-hybridized carbons (Fsp3) is 0.429. The lowest BCUT2D eigenvalue weighted by Crippen LogP contribution is -2.28. The minimum absolute atomic E-state index is 0.180. The number of rotatable bonds is 3. The Morgan fingerprint density at radius 2 is 2.00 bits per heavy atom. The highest BCUT2D eigenvalue weighted by atomic mass is 19.1. The Balaban J connectivity index is 1.82. The average molecular weight is 234 g/mol. The zero-order valence-corrected chi connectivity index (χ0v) is 10.0. The van der Waals surface area contributed by atoms with Crippen LogP contribution in [0, 0.1) is 5.82 Å². The number of hydrogen-bond donors (Lipinski definition) is 1. The van der Waals surface area contributed by atoms with Gasteiger partial charge in [-0.2, -0.15) is 0 Å². The SMILES string of the molecule is Fc1ccc(C=CCN2CCCNCC2)cc1. The van der Waals surface area contributed by atoms with Gasteiger partial charge in [0, 0.05) is 19.6 Å². The zero-order chi connectivity index (χ0) is 11.9. The Kier molecular flexibility index (Phi) is 4.71. The fourth-order valence-electron chi connectivity index (χ4n) is 2.00. The molecular weight excluding hydrogens is 215 g/mol. The molecule has 1 heterocycles. The molecule has 92 valence electrons. The number of nitrogens with zero attached hydrogens (tertiary/aromatic N) is 1. The lowest BCUT2D eigenvalue weighted by molar-refractivity contribution is 0.324. The summed E-state index contributed by atoms with van der Waals surface area (Å²) in [5, 5.41) is 3.38. The summed E-state index contributed by atoms with van der Waals surface area (Å²) >= 11 is 0. The first-order chi connectivity index (χ1) is 8.34. The minimum atomic E-state index is -0.180. The van der Waals surface area contributed by atoms with Gasteiger partial charge in [-0.15, -0.1) is 0 Å². The largest absolute Gasteiger partial charge is 0.315 e. The van der Waals surface area contributed by atoms with Gasteiger partial charge in [0.1, 0.15) is 5.82 Å². The van der Waals surface area contributed by atoms with Crippen molar-refractivity contribution in [2.24, 2.45) is 0 Å². The van der Waals surface area contributed by atoms with Crippen LogP contribution in [0.1, 0.15) is 12.0 Å². The van der Waals surface area contributed by atoms with Crippen molar-refractivity contribution in [1.82, 2.24) is 10.2 Å². The Labute approximate surface area is 102 Å². The maximum Gasteiger partial charge on any atom is 0.123 e. The highest BCUT2D eigenvalue weighted by Gasteiger charge is 2.05. The summed E-state index contributed by atoms with van der Waals surface area (Å²) < 4.78 is 12.7. The van der Waals surface area contributed by atoms with Gasteiger partial charge in [0.15, 0.2) is 0 Å². The van der Waals surface area contributed by atoms with Crippen LogP contribution in [0.4, 0.5) is 4.39 Å². The molecule has 0 atom stereocenters. The second-order valence-electron chi connectivity index (χ2n) is 4.36. The van der Waals surface area contributed by atoms with Crippen molar-refractivity contribution in [1.29, 1.82) is 0 Å². The molecule has 1 saturated heterocycles. The lowest BCUT2D eigenvalue weighted by Gasteiger charge is -2.16. The van der Waals surface area contributed by atoms with Crippen LogP contribution in [-0.2, 0) is 0 Å². The molecule has 0 unspecified atom stereocenters. The van der Waals surface area contributed by atoms with Gasteiger partial charge in [-0.05, 0) is 37.2 Å². The Morgan fingerprint density at radius 3 is 2.82 bits per heavy atom. The standard InChI is InChI=1S/C14H19FN2/c15-14-6-4-13(5-7-14)3-1-10-17-11-2-8-16-9-12-17/h1,3-7,16H,2,8-12H2. The van der Waals surface area contributed by atoms with Gasteiger partial charge in [0.05, 0.1) is 0 Å². The Hall–Kier alpha value is -1.19. The molecule has 0 aromatic heterocycles. The quantitative estimate of drug-likeness (QED) is 0.862. The van der Waals surface area contributed by atoms with Crippen molar-refractivity contribution in [3.05, 3.63) is 41.7 Å². The van der Waals surface area contributed by atoms with E-state index in [0.717, 1.165) is 38.3 Å². The summed E-state index contributed by atoms with van der Waals surface area (Å²) in [7, 11) is 0. The maximum atomic E-state index is 12.7. The molecule has 17 heavy (non-hydrogen) atoms. The molecule has 1 N–H and O–H groups in total. The lowest BCUT2D eigenvalue weighted by atomic mass is 10.2. The molecule has 0 spiro atoms. The molecule has 1 aromatic rings.